The minimum absolute atomic E-state index is 0.141. The third kappa shape index (κ3) is 3.04. The zero-order valence-corrected chi connectivity index (χ0v) is 18.0. The van der Waals surface area contributed by atoms with Crippen molar-refractivity contribution in [3.05, 3.63) is 23.6 Å². The van der Waals surface area contributed by atoms with Crippen LogP contribution in [0.1, 0.15) is 78.0 Å². The Bertz CT molecular complexity index is 935. The van der Waals surface area contributed by atoms with Gasteiger partial charge in [-0.1, -0.05) is 6.92 Å². The van der Waals surface area contributed by atoms with E-state index in [0.717, 1.165) is 54.2 Å². The standard InChI is InChI=1S/C22H30BFN2O3/c1-13-10-14(13)19-16(24)11-17-15(12-25-26(17)18-8-6-7-9-27-18)20(19)23-28-21(2,3)22(4,5)29-23/h11-14,18H,6-10H2,1-5H3/t13-,14+,18?/m0/s1. The maximum Gasteiger partial charge on any atom is 0.495 e. The molecule has 156 valence electrons. The molecule has 0 bridgehead atoms. The summed E-state index contributed by atoms with van der Waals surface area (Å²) >= 11 is 0. The predicted molar refractivity (Wildman–Crippen MR) is 111 cm³/mol. The first-order valence-electron chi connectivity index (χ1n) is 10.9. The monoisotopic (exact) mass is 400 g/mol. The highest BCUT2D eigenvalue weighted by atomic mass is 19.1. The molecule has 29 heavy (non-hydrogen) atoms. The van der Waals surface area contributed by atoms with Gasteiger partial charge in [0.1, 0.15) is 5.82 Å². The Hall–Kier alpha value is -1.44. The zero-order valence-electron chi connectivity index (χ0n) is 18.0. The summed E-state index contributed by atoms with van der Waals surface area (Å²) in [5, 5.41) is 5.53. The van der Waals surface area contributed by atoms with Gasteiger partial charge in [-0.05, 0) is 76.2 Å². The van der Waals surface area contributed by atoms with Crippen molar-refractivity contribution in [2.75, 3.05) is 6.61 Å². The maximum atomic E-state index is 15.5. The van der Waals surface area contributed by atoms with Gasteiger partial charge in [0.05, 0.1) is 22.9 Å². The van der Waals surface area contributed by atoms with Crippen LogP contribution in [-0.4, -0.2) is 34.7 Å². The molecule has 1 saturated carbocycles. The van der Waals surface area contributed by atoms with Crippen LogP contribution in [0.3, 0.4) is 0 Å². The molecule has 1 unspecified atom stereocenters. The van der Waals surface area contributed by atoms with Crippen LogP contribution in [-0.2, 0) is 14.0 Å². The molecule has 1 aromatic heterocycles. The smallest absolute Gasteiger partial charge is 0.399 e. The Balaban J connectivity index is 1.67. The van der Waals surface area contributed by atoms with Crippen LogP contribution in [0, 0.1) is 11.7 Å². The lowest BCUT2D eigenvalue weighted by atomic mass is 9.72. The Kier molecular flexibility index (Phi) is 4.40. The number of ether oxygens (including phenoxy) is 1. The number of hydrogen-bond donors (Lipinski definition) is 0. The van der Waals surface area contributed by atoms with Gasteiger partial charge in [-0.3, -0.25) is 0 Å². The molecule has 0 amide bonds. The number of rotatable bonds is 3. The fourth-order valence-corrected chi connectivity index (χ4v) is 4.66. The molecule has 0 radical (unpaired) electrons. The number of benzene rings is 1. The second-order valence-corrected chi connectivity index (χ2v) is 9.94. The largest absolute Gasteiger partial charge is 0.495 e. The van der Waals surface area contributed by atoms with Gasteiger partial charge in [-0.25, -0.2) is 9.07 Å². The van der Waals surface area contributed by atoms with Gasteiger partial charge in [0, 0.05) is 18.1 Å². The van der Waals surface area contributed by atoms with Crippen LogP contribution in [0.25, 0.3) is 10.9 Å². The number of aromatic nitrogens is 2. The van der Waals surface area contributed by atoms with Crippen LogP contribution >= 0.6 is 0 Å². The number of hydrogen-bond acceptors (Lipinski definition) is 4. The minimum atomic E-state index is -0.606. The first-order valence-corrected chi connectivity index (χ1v) is 10.9. The molecule has 2 aromatic rings. The summed E-state index contributed by atoms with van der Waals surface area (Å²) in [6, 6.07) is 1.63. The van der Waals surface area contributed by atoms with E-state index in [0.29, 0.717) is 5.92 Å². The lowest BCUT2D eigenvalue weighted by molar-refractivity contribution is -0.0366. The van der Waals surface area contributed by atoms with Crippen LogP contribution < -0.4 is 5.46 Å². The molecule has 2 saturated heterocycles. The quantitative estimate of drug-likeness (QED) is 0.721. The van der Waals surface area contributed by atoms with Crippen molar-refractivity contribution in [1.82, 2.24) is 9.78 Å². The van der Waals surface area contributed by atoms with E-state index in [1.54, 1.807) is 6.07 Å². The molecule has 5 rings (SSSR count). The lowest BCUT2D eigenvalue weighted by Gasteiger charge is -2.32. The average Bonchev–Trinajstić information content (AvgIpc) is 3.14. The SMILES string of the molecule is C[C@H]1C[C@H]1c1c(F)cc2c(cnn2C2CCCCO2)c1B1OC(C)(C)C(C)(C)O1. The second kappa shape index (κ2) is 6.53. The van der Waals surface area contributed by atoms with E-state index in [1.165, 1.54) is 0 Å². The molecule has 3 heterocycles. The highest BCUT2D eigenvalue weighted by molar-refractivity contribution is 6.65. The fourth-order valence-electron chi connectivity index (χ4n) is 4.66. The highest BCUT2D eigenvalue weighted by Gasteiger charge is 2.54. The van der Waals surface area contributed by atoms with Gasteiger partial charge in [-0.2, -0.15) is 5.10 Å². The summed E-state index contributed by atoms with van der Waals surface area (Å²) in [4.78, 5) is 0. The molecule has 3 aliphatic rings. The number of nitrogens with zero attached hydrogens (tertiary/aromatic N) is 2. The summed E-state index contributed by atoms with van der Waals surface area (Å²) in [5.41, 5.74) is 1.36. The van der Waals surface area contributed by atoms with Gasteiger partial charge < -0.3 is 14.0 Å². The van der Waals surface area contributed by atoms with Crippen molar-refractivity contribution >= 4 is 23.5 Å². The van der Waals surface area contributed by atoms with Crippen molar-refractivity contribution in [1.29, 1.82) is 0 Å². The molecule has 3 atom stereocenters. The van der Waals surface area contributed by atoms with Crippen LogP contribution in [0.5, 0.6) is 0 Å². The Morgan fingerprint density at radius 3 is 2.45 bits per heavy atom. The highest BCUT2D eigenvalue weighted by Crippen LogP contribution is 2.49. The van der Waals surface area contributed by atoms with E-state index < -0.39 is 18.3 Å². The first kappa shape index (κ1) is 19.5. The van der Waals surface area contributed by atoms with E-state index in [4.69, 9.17) is 14.0 Å². The topological polar surface area (TPSA) is 45.5 Å². The summed E-state index contributed by atoms with van der Waals surface area (Å²) in [6.45, 7) is 11.0. The molecule has 1 aromatic carbocycles. The first-order chi connectivity index (χ1) is 13.7. The van der Waals surface area contributed by atoms with Crippen molar-refractivity contribution in [2.45, 2.75) is 83.6 Å². The average molecular weight is 400 g/mol. The molecule has 5 nitrogen and oxygen atoms in total. The summed E-state index contributed by atoms with van der Waals surface area (Å²) < 4.78 is 36.0. The van der Waals surface area contributed by atoms with Gasteiger partial charge in [0.2, 0.25) is 0 Å². The van der Waals surface area contributed by atoms with Crippen molar-refractivity contribution in [3.8, 4) is 0 Å². The molecule has 2 aliphatic heterocycles. The summed E-state index contributed by atoms with van der Waals surface area (Å²) in [5.74, 6) is 0.497. The zero-order chi connectivity index (χ0) is 20.6. The van der Waals surface area contributed by atoms with Crippen molar-refractivity contribution < 1.29 is 18.4 Å². The van der Waals surface area contributed by atoms with E-state index in [9.17, 15) is 0 Å². The van der Waals surface area contributed by atoms with E-state index >= 15 is 4.39 Å². The Morgan fingerprint density at radius 2 is 1.86 bits per heavy atom. The van der Waals surface area contributed by atoms with E-state index in [-0.39, 0.29) is 18.0 Å². The Labute approximate surface area is 172 Å². The molecule has 0 N–H and O–H groups in total. The number of fused-ring (bicyclic) bond motifs is 1. The van der Waals surface area contributed by atoms with Crippen molar-refractivity contribution in [2.24, 2.45) is 5.92 Å². The molecule has 0 spiro atoms. The predicted octanol–water partition coefficient (Wildman–Crippen LogP) is 4.30. The third-order valence-electron chi connectivity index (χ3n) is 7.33. The van der Waals surface area contributed by atoms with Gasteiger partial charge >= 0.3 is 7.12 Å². The Morgan fingerprint density at radius 1 is 1.17 bits per heavy atom. The van der Waals surface area contributed by atoms with E-state index in [1.807, 2.05) is 38.6 Å². The van der Waals surface area contributed by atoms with Gasteiger partial charge in [0.25, 0.3) is 0 Å². The van der Waals surface area contributed by atoms with Gasteiger partial charge in [0.15, 0.2) is 6.23 Å². The molecule has 7 heteroatoms. The minimum Gasteiger partial charge on any atom is -0.399 e. The molecular formula is C22H30BFN2O3. The second-order valence-electron chi connectivity index (χ2n) is 9.94. The van der Waals surface area contributed by atoms with Crippen LogP contribution in [0.2, 0.25) is 0 Å². The molecule has 1 aliphatic carbocycles. The summed E-state index contributed by atoms with van der Waals surface area (Å²) in [7, 11) is -0.606. The van der Waals surface area contributed by atoms with Gasteiger partial charge in [-0.15, -0.1) is 0 Å². The summed E-state index contributed by atoms with van der Waals surface area (Å²) in [6.07, 6.45) is 5.74. The lowest BCUT2D eigenvalue weighted by Crippen LogP contribution is -2.41. The third-order valence-corrected chi connectivity index (χ3v) is 7.33. The van der Waals surface area contributed by atoms with Crippen LogP contribution in [0.4, 0.5) is 4.39 Å². The van der Waals surface area contributed by atoms with E-state index in [2.05, 4.69) is 12.0 Å². The number of halogens is 1. The normalized spacial score (nSPS) is 30.8. The fraction of sp³-hybridized carbons (Fsp3) is 0.682. The van der Waals surface area contributed by atoms with Crippen molar-refractivity contribution in [3.63, 3.8) is 0 Å². The molecular weight excluding hydrogens is 370 g/mol. The van der Waals surface area contributed by atoms with Crippen LogP contribution in [0.15, 0.2) is 12.3 Å². The maximum absolute atomic E-state index is 15.5. The molecule has 3 fully saturated rings.